The van der Waals surface area contributed by atoms with Crippen molar-refractivity contribution in [2.45, 2.75) is 43.6 Å². The fraction of sp³-hybridized carbons (Fsp3) is 0.500. The van der Waals surface area contributed by atoms with Crippen LogP contribution in [0.2, 0.25) is 0 Å². The smallest absolute Gasteiger partial charge is 0.231 e. The molecule has 1 fully saturated rings. The highest BCUT2D eigenvalue weighted by molar-refractivity contribution is 7.80. The van der Waals surface area contributed by atoms with Crippen LogP contribution in [0.25, 0.3) is 0 Å². The number of carbonyl (C=O) groups excluding carboxylic acids is 1. The van der Waals surface area contributed by atoms with Crippen LogP contribution in [0.3, 0.4) is 0 Å². The van der Waals surface area contributed by atoms with Crippen LogP contribution in [-0.2, 0) is 4.79 Å². The van der Waals surface area contributed by atoms with E-state index < -0.39 is 5.54 Å². The van der Waals surface area contributed by atoms with E-state index >= 15 is 0 Å². The molecule has 1 aliphatic carbocycles. The maximum atomic E-state index is 12.7. The summed E-state index contributed by atoms with van der Waals surface area (Å²) in [6, 6.07) is 7.68. The molecule has 1 aliphatic heterocycles. The Morgan fingerprint density at radius 1 is 1.29 bits per heavy atom. The zero-order chi connectivity index (χ0) is 14.9. The molecule has 112 valence electrons. The van der Waals surface area contributed by atoms with Gasteiger partial charge in [0.25, 0.3) is 0 Å². The molecule has 3 rings (SSSR count). The Balaban J connectivity index is 1.78. The SMILES string of the molecule is NC(=S)C1(NC(=O)C2COc3ccccc32)CCCCC1. The number of amides is 1. The lowest BCUT2D eigenvalue weighted by Gasteiger charge is -2.37. The molecule has 21 heavy (non-hydrogen) atoms. The Bertz CT molecular complexity index is 567. The molecule has 1 amide bonds. The van der Waals surface area contributed by atoms with Gasteiger partial charge in [0.1, 0.15) is 18.3 Å². The highest BCUT2D eigenvalue weighted by atomic mass is 32.1. The molecule has 1 atom stereocenters. The number of ether oxygens (including phenoxy) is 1. The van der Waals surface area contributed by atoms with E-state index in [1.54, 1.807) is 0 Å². The number of fused-ring (bicyclic) bond motifs is 1. The molecule has 2 aliphatic rings. The van der Waals surface area contributed by atoms with E-state index in [0.29, 0.717) is 11.6 Å². The first-order valence-electron chi connectivity index (χ1n) is 7.46. The van der Waals surface area contributed by atoms with E-state index in [2.05, 4.69) is 5.32 Å². The van der Waals surface area contributed by atoms with Crippen molar-refractivity contribution in [1.29, 1.82) is 0 Å². The normalized spacial score (nSPS) is 23.0. The Hall–Kier alpha value is -1.62. The molecular weight excluding hydrogens is 284 g/mol. The van der Waals surface area contributed by atoms with Crippen LogP contribution in [0.1, 0.15) is 43.6 Å². The highest BCUT2D eigenvalue weighted by Gasteiger charge is 2.40. The minimum Gasteiger partial charge on any atom is -0.492 e. The van der Waals surface area contributed by atoms with Crippen molar-refractivity contribution < 1.29 is 9.53 Å². The van der Waals surface area contributed by atoms with Gasteiger partial charge >= 0.3 is 0 Å². The summed E-state index contributed by atoms with van der Waals surface area (Å²) in [5, 5.41) is 3.13. The van der Waals surface area contributed by atoms with Gasteiger partial charge in [-0.3, -0.25) is 4.79 Å². The summed E-state index contributed by atoms with van der Waals surface area (Å²) >= 11 is 5.23. The van der Waals surface area contributed by atoms with Crippen LogP contribution >= 0.6 is 12.2 Å². The van der Waals surface area contributed by atoms with Gasteiger partial charge in [-0.15, -0.1) is 0 Å². The lowest BCUT2D eigenvalue weighted by atomic mass is 9.81. The number of benzene rings is 1. The van der Waals surface area contributed by atoms with Gasteiger partial charge in [-0.1, -0.05) is 49.7 Å². The van der Waals surface area contributed by atoms with Crippen molar-refractivity contribution in [2.75, 3.05) is 6.61 Å². The molecule has 1 heterocycles. The molecule has 5 heteroatoms. The first-order valence-corrected chi connectivity index (χ1v) is 7.87. The van der Waals surface area contributed by atoms with Crippen LogP contribution in [0.4, 0.5) is 0 Å². The number of hydrogen-bond donors (Lipinski definition) is 2. The number of thiocarbonyl (C=S) groups is 1. The first kappa shape index (κ1) is 14.3. The molecule has 4 nitrogen and oxygen atoms in total. The molecular formula is C16H20N2O2S. The van der Waals surface area contributed by atoms with E-state index in [9.17, 15) is 4.79 Å². The number of carbonyl (C=O) groups is 1. The van der Waals surface area contributed by atoms with E-state index in [4.69, 9.17) is 22.7 Å². The lowest BCUT2D eigenvalue weighted by molar-refractivity contribution is -0.124. The number of rotatable bonds is 3. The first-order chi connectivity index (χ1) is 10.1. The van der Waals surface area contributed by atoms with Gasteiger partial charge in [-0.05, 0) is 18.9 Å². The zero-order valence-electron chi connectivity index (χ0n) is 11.9. The largest absolute Gasteiger partial charge is 0.492 e. The summed E-state index contributed by atoms with van der Waals surface area (Å²) < 4.78 is 5.59. The summed E-state index contributed by atoms with van der Waals surface area (Å²) in [6.07, 6.45) is 4.95. The number of nitrogens with two attached hydrogens (primary N) is 1. The second-order valence-corrected chi connectivity index (χ2v) is 6.34. The highest BCUT2D eigenvalue weighted by Crippen LogP contribution is 2.35. The van der Waals surface area contributed by atoms with Crippen molar-refractivity contribution in [2.24, 2.45) is 5.73 Å². The molecule has 0 radical (unpaired) electrons. The molecule has 3 N–H and O–H groups in total. The van der Waals surface area contributed by atoms with Crippen molar-refractivity contribution in [3.63, 3.8) is 0 Å². The van der Waals surface area contributed by atoms with E-state index in [0.717, 1.165) is 37.0 Å². The van der Waals surface area contributed by atoms with Gasteiger partial charge in [0.15, 0.2) is 0 Å². The summed E-state index contributed by atoms with van der Waals surface area (Å²) in [5.74, 6) is 0.495. The molecule has 1 aromatic rings. The maximum Gasteiger partial charge on any atom is 0.231 e. The van der Waals surface area contributed by atoms with Crippen LogP contribution in [0.5, 0.6) is 5.75 Å². The summed E-state index contributed by atoms with van der Waals surface area (Å²) in [6.45, 7) is 0.387. The fourth-order valence-electron chi connectivity index (χ4n) is 3.29. The van der Waals surface area contributed by atoms with Gasteiger partial charge < -0.3 is 15.8 Å². The van der Waals surface area contributed by atoms with Crippen molar-refractivity contribution in [3.8, 4) is 5.75 Å². The Kier molecular flexibility index (Phi) is 3.85. The van der Waals surface area contributed by atoms with Gasteiger partial charge in [-0.25, -0.2) is 0 Å². The monoisotopic (exact) mass is 304 g/mol. The van der Waals surface area contributed by atoms with E-state index in [1.165, 1.54) is 6.42 Å². The summed E-state index contributed by atoms with van der Waals surface area (Å²) in [7, 11) is 0. The molecule has 0 saturated heterocycles. The van der Waals surface area contributed by atoms with Gasteiger partial charge in [0, 0.05) is 5.56 Å². The molecule has 1 aromatic carbocycles. The average molecular weight is 304 g/mol. The minimum absolute atomic E-state index is 0.0327. The molecule has 0 bridgehead atoms. The topological polar surface area (TPSA) is 64.3 Å². The van der Waals surface area contributed by atoms with Gasteiger partial charge in [0.2, 0.25) is 5.91 Å². The third-order valence-corrected chi connectivity index (χ3v) is 4.95. The number of nitrogens with one attached hydrogen (secondary N) is 1. The molecule has 0 spiro atoms. The molecule has 0 aromatic heterocycles. The Labute approximate surface area is 130 Å². The van der Waals surface area contributed by atoms with E-state index in [1.807, 2.05) is 24.3 Å². The average Bonchev–Trinajstić information content (AvgIpc) is 2.92. The van der Waals surface area contributed by atoms with Gasteiger partial charge in [0.05, 0.1) is 10.5 Å². The van der Waals surface area contributed by atoms with Crippen LogP contribution in [0, 0.1) is 0 Å². The second-order valence-electron chi connectivity index (χ2n) is 5.90. The van der Waals surface area contributed by atoms with Crippen LogP contribution < -0.4 is 15.8 Å². The minimum atomic E-state index is -0.512. The molecule has 1 saturated carbocycles. The fourth-order valence-corrected chi connectivity index (χ4v) is 3.55. The lowest BCUT2D eigenvalue weighted by Crippen LogP contribution is -2.58. The van der Waals surface area contributed by atoms with Crippen molar-refractivity contribution in [1.82, 2.24) is 5.32 Å². The standard InChI is InChI=1S/C16H20N2O2S/c17-15(21)16(8-4-1-5-9-16)18-14(19)12-10-20-13-7-3-2-6-11(12)13/h2-3,6-7,12H,1,4-5,8-10H2,(H2,17,21)(H,18,19). The van der Waals surface area contributed by atoms with Gasteiger partial charge in [-0.2, -0.15) is 0 Å². The van der Waals surface area contributed by atoms with Crippen molar-refractivity contribution in [3.05, 3.63) is 29.8 Å². The number of hydrogen-bond acceptors (Lipinski definition) is 3. The Morgan fingerprint density at radius 3 is 2.71 bits per heavy atom. The van der Waals surface area contributed by atoms with Crippen molar-refractivity contribution >= 4 is 23.1 Å². The summed E-state index contributed by atoms with van der Waals surface area (Å²) in [5.41, 5.74) is 6.37. The quantitative estimate of drug-likeness (QED) is 0.841. The Morgan fingerprint density at radius 2 is 2.00 bits per heavy atom. The zero-order valence-corrected chi connectivity index (χ0v) is 12.7. The third kappa shape index (κ3) is 2.62. The van der Waals surface area contributed by atoms with Crippen LogP contribution in [-0.4, -0.2) is 23.0 Å². The van der Waals surface area contributed by atoms with E-state index in [-0.39, 0.29) is 11.8 Å². The van der Waals surface area contributed by atoms with Crippen LogP contribution in [0.15, 0.2) is 24.3 Å². The predicted octanol–water partition coefficient (Wildman–Crippen LogP) is 2.27. The second kappa shape index (κ2) is 5.64. The maximum absolute atomic E-state index is 12.7. The number of para-hydroxylation sites is 1. The summed E-state index contributed by atoms with van der Waals surface area (Å²) in [4.78, 5) is 13.1. The third-order valence-electron chi connectivity index (χ3n) is 4.56. The predicted molar refractivity (Wildman–Crippen MR) is 85.4 cm³/mol. The molecule has 1 unspecified atom stereocenters.